The number of amides is 2. The molecule has 1 aliphatic rings. The number of nitrogens with one attached hydrogen (secondary N) is 1. The average Bonchev–Trinajstić information content (AvgIpc) is 2.81. The molecule has 4 rings (SSSR count). The first-order valence-electron chi connectivity index (χ1n) is 10.9. The average molecular weight is 461 g/mol. The largest absolute Gasteiger partial charge is 0.449 e. The van der Waals surface area contributed by atoms with Crippen LogP contribution in [0.5, 0.6) is 5.75 Å². The normalized spacial score (nSPS) is 15.0. The summed E-state index contributed by atoms with van der Waals surface area (Å²) in [7, 11) is 0. The molecule has 0 fully saturated rings. The van der Waals surface area contributed by atoms with Gasteiger partial charge in [0, 0.05) is 11.1 Å². The van der Waals surface area contributed by atoms with Crippen molar-refractivity contribution in [1.29, 1.82) is 0 Å². The Morgan fingerprint density at radius 1 is 1.06 bits per heavy atom. The SMILES string of the molecule is CC(CCc1ccccc1)NC(=O)CN1C(=O)/C(=C\c2cccc(Cl)c2)Oc2ccccc21. The summed E-state index contributed by atoms with van der Waals surface area (Å²) < 4.78 is 5.86. The molecule has 5 nitrogen and oxygen atoms in total. The predicted octanol–water partition coefficient (Wildman–Crippen LogP) is 5.24. The molecule has 1 aliphatic heterocycles. The Hall–Kier alpha value is -3.57. The van der Waals surface area contributed by atoms with Crippen LogP contribution in [-0.4, -0.2) is 24.4 Å². The standard InChI is InChI=1S/C27H25ClN2O3/c1-19(14-15-20-8-3-2-4-9-20)29-26(31)18-30-23-12-5-6-13-24(23)33-25(27(30)32)17-21-10-7-11-22(28)16-21/h2-13,16-17,19H,14-15,18H2,1H3,(H,29,31)/b25-17+. The molecule has 1 N–H and O–H groups in total. The Balaban J connectivity index is 1.47. The highest BCUT2D eigenvalue weighted by Crippen LogP contribution is 2.35. The van der Waals surface area contributed by atoms with Gasteiger partial charge in [-0.3, -0.25) is 14.5 Å². The highest BCUT2D eigenvalue weighted by molar-refractivity contribution is 6.30. The second kappa shape index (κ2) is 10.4. The van der Waals surface area contributed by atoms with Crippen LogP contribution in [0.4, 0.5) is 5.69 Å². The lowest BCUT2D eigenvalue weighted by Crippen LogP contribution is -2.46. The number of para-hydroxylation sites is 2. The van der Waals surface area contributed by atoms with Crippen molar-refractivity contribution < 1.29 is 14.3 Å². The summed E-state index contributed by atoms with van der Waals surface area (Å²) in [6, 6.07) is 24.5. The van der Waals surface area contributed by atoms with Crippen molar-refractivity contribution >= 4 is 35.2 Å². The summed E-state index contributed by atoms with van der Waals surface area (Å²) >= 11 is 6.07. The zero-order valence-corrected chi connectivity index (χ0v) is 19.1. The second-order valence-electron chi connectivity index (χ2n) is 8.02. The molecular weight excluding hydrogens is 436 g/mol. The molecule has 0 aliphatic carbocycles. The topological polar surface area (TPSA) is 58.6 Å². The van der Waals surface area contributed by atoms with Crippen molar-refractivity contribution in [3.05, 3.63) is 101 Å². The molecule has 1 atom stereocenters. The molecule has 0 saturated carbocycles. The number of hydrogen-bond donors (Lipinski definition) is 1. The Morgan fingerprint density at radius 2 is 1.82 bits per heavy atom. The quantitative estimate of drug-likeness (QED) is 0.490. The second-order valence-corrected chi connectivity index (χ2v) is 8.45. The van der Waals surface area contributed by atoms with Crippen molar-refractivity contribution in [2.75, 3.05) is 11.4 Å². The maximum atomic E-state index is 13.2. The maximum Gasteiger partial charge on any atom is 0.294 e. The van der Waals surface area contributed by atoms with Gasteiger partial charge >= 0.3 is 0 Å². The van der Waals surface area contributed by atoms with Crippen LogP contribution < -0.4 is 15.0 Å². The van der Waals surface area contributed by atoms with Crippen LogP contribution in [0.1, 0.15) is 24.5 Å². The zero-order valence-electron chi connectivity index (χ0n) is 18.3. The molecule has 33 heavy (non-hydrogen) atoms. The Bertz CT molecular complexity index is 1180. The summed E-state index contributed by atoms with van der Waals surface area (Å²) in [5.74, 6) is 0.0691. The number of aryl methyl sites for hydroxylation is 1. The smallest absolute Gasteiger partial charge is 0.294 e. The first kappa shape index (κ1) is 22.6. The summed E-state index contributed by atoms with van der Waals surface area (Å²) in [5, 5.41) is 3.57. The fourth-order valence-electron chi connectivity index (χ4n) is 3.73. The lowest BCUT2D eigenvalue weighted by Gasteiger charge is -2.30. The van der Waals surface area contributed by atoms with Crippen LogP contribution in [0.3, 0.4) is 0 Å². The maximum absolute atomic E-state index is 13.2. The van der Waals surface area contributed by atoms with Gasteiger partial charge in [0.15, 0.2) is 11.5 Å². The fraction of sp³-hybridized carbons (Fsp3) is 0.185. The van der Waals surface area contributed by atoms with Crippen molar-refractivity contribution in [1.82, 2.24) is 5.32 Å². The molecule has 0 spiro atoms. The predicted molar refractivity (Wildman–Crippen MR) is 131 cm³/mol. The van der Waals surface area contributed by atoms with E-state index in [1.54, 1.807) is 36.4 Å². The summed E-state index contributed by atoms with van der Waals surface area (Å²) in [6.07, 6.45) is 3.31. The van der Waals surface area contributed by atoms with E-state index in [1.807, 2.05) is 43.3 Å². The van der Waals surface area contributed by atoms with Crippen molar-refractivity contribution in [3.63, 3.8) is 0 Å². The number of rotatable bonds is 7. The molecule has 6 heteroatoms. The van der Waals surface area contributed by atoms with E-state index in [1.165, 1.54) is 10.5 Å². The van der Waals surface area contributed by atoms with Gasteiger partial charge in [0.1, 0.15) is 6.54 Å². The molecule has 0 saturated heterocycles. The van der Waals surface area contributed by atoms with Crippen molar-refractivity contribution in [2.24, 2.45) is 0 Å². The first-order chi connectivity index (χ1) is 16.0. The minimum atomic E-state index is -0.374. The zero-order chi connectivity index (χ0) is 23.2. The van der Waals surface area contributed by atoms with Crippen LogP contribution in [0.2, 0.25) is 5.02 Å². The van der Waals surface area contributed by atoms with Gasteiger partial charge in [0.25, 0.3) is 5.91 Å². The molecule has 0 bridgehead atoms. The van der Waals surface area contributed by atoms with Crippen LogP contribution in [-0.2, 0) is 16.0 Å². The number of hydrogen-bond acceptors (Lipinski definition) is 3. The highest BCUT2D eigenvalue weighted by atomic mass is 35.5. The van der Waals surface area contributed by atoms with Crippen molar-refractivity contribution in [2.45, 2.75) is 25.8 Å². The highest BCUT2D eigenvalue weighted by Gasteiger charge is 2.31. The van der Waals surface area contributed by atoms with Crippen LogP contribution in [0.15, 0.2) is 84.6 Å². The van der Waals surface area contributed by atoms with E-state index >= 15 is 0 Å². The third kappa shape index (κ3) is 5.82. The van der Waals surface area contributed by atoms with Gasteiger partial charge in [-0.1, -0.05) is 66.2 Å². The molecule has 3 aromatic rings. The first-order valence-corrected chi connectivity index (χ1v) is 11.3. The van der Waals surface area contributed by atoms with E-state index in [0.29, 0.717) is 16.5 Å². The van der Waals surface area contributed by atoms with E-state index in [2.05, 4.69) is 17.4 Å². The minimum absolute atomic E-state index is 0.0226. The van der Waals surface area contributed by atoms with Gasteiger partial charge in [-0.25, -0.2) is 0 Å². The van der Waals surface area contributed by atoms with Crippen LogP contribution >= 0.6 is 11.6 Å². The van der Waals surface area contributed by atoms with E-state index in [0.717, 1.165) is 18.4 Å². The lowest BCUT2D eigenvalue weighted by molar-refractivity contribution is -0.123. The third-order valence-corrected chi connectivity index (χ3v) is 5.63. The van der Waals surface area contributed by atoms with Crippen LogP contribution in [0, 0.1) is 0 Å². The van der Waals surface area contributed by atoms with E-state index < -0.39 is 0 Å². The van der Waals surface area contributed by atoms with Gasteiger partial charge in [0.2, 0.25) is 5.91 Å². The van der Waals surface area contributed by atoms with Gasteiger partial charge in [0.05, 0.1) is 5.69 Å². The van der Waals surface area contributed by atoms with Gasteiger partial charge < -0.3 is 10.1 Å². The minimum Gasteiger partial charge on any atom is -0.449 e. The van der Waals surface area contributed by atoms with E-state index in [9.17, 15) is 9.59 Å². The molecule has 2 amide bonds. The number of anilines is 1. The molecule has 0 aromatic heterocycles. The van der Waals surface area contributed by atoms with E-state index in [-0.39, 0.29) is 30.2 Å². The summed E-state index contributed by atoms with van der Waals surface area (Å²) in [6.45, 7) is 1.88. The third-order valence-electron chi connectivity index (χ3n) is 5.40. The Labute approximate surface area is 198 Å². The van der Waals surface area contributed by atoms with Gasteiger partial charge in [-0.15, -0.1) is 0 Å². The number of halogens is 1. The number of benzene rings is 3. The number of ether oxygens (including phenoxy) is 1. The number of fused-ring (bicyclic) bond motifs is 1. The number of carbonyl (C=O) groups excluding carboxylic acids is 2. The molecule has 1 heterocycles. The summed E-state index contributed by atoms with van der Waals surface area (Å²) in [5.41, 5.74) is 2.54. The van der Waals surface area contributed by atoms with Crippen LogP contribution in [0.25, 0.3) is 6.08 Å². The van der Waals surface area contributed by atoms with Gasteiger partial charge in [-0.2, -0.15) is 0 Å². The molecule has 3 aromatic carbocycles. The Morgan fingerprint density at radius 3 is 2.61 bits per heavy atom. The molecule has 168 valence electrons. The molecule has 1 unspecified atom stereocenters. The molecular formula is C27H25ClN2O3. The summed E-state index contributed by atoms with van der Waals surface area (Å²) in [4.78, 5) is 27.5. The van der Waals surface area contributed by atoms with Crippen molar-refractivity contribution in [3.8, 4) is 5.75 Å². The van der Waals surface area contributed by atoms with Gasteiger partial charge in [-0.05, 0) is 61.2 Å². The fourth-order valence-corrected chi connectivity index (χ4v) is 3.93. The van der Waals surface area contributed by atoms with E-state index in [4.69, 9.17) is 16.3 Å². The monoisotopic (exact) mass is 460 g/mol. The number of carbonyl (C=O) groups is 2. The Kier molecular flexibility index (Phi) is 7.10. The lowest BCUT2D eigenvalue weighted by atomic mass is 10.1. The number of nitrogens with zero attached hydrogens (tertiary/aromatic N) is 1. The molecule has 0 radical (unpaired) electrons.